The molecule has 3 heteroatoms. The lowest BCUT2D eigenvalue weighted by Gasteiger charge is -2.11. The SMILES string of the molecule is CCCOc1ccc(C(=O)Nc2ccc(C(C)CC)cc2)cc1. The van der Waals surface area contributed by atoms with Gasteiger partial charge in [-0.1, -0.05) is 32.9 Å². The third-order valence-electron chi connectivity index (χ3n) is 3.94. The topological polar surface area (TPSA) is 38.3 Å². The molecular formula is C20H25NO2. The lowest BCUT2D eigenvalue weighted by molar-refractivity contribution is 0.102. The zero-order valence-electron chi connectivity index (χ0n) is 14.1. The van der Waals surface area contributed by atoms with Gasteiger partial charge in [0.15, 0.2) is 0 Å². The van der Waals surface area contributed by atoms with E-state index in [1.165, 1.54) is 5.56 Å². The van der Waals surface area contributed by atoms with Crippen molar-refractivity contribution in [3.63, 3.8) is 0 Å². The molecule has 2 rings (SSSR count). The molecule has 0 aliphatic heterocycles. The number of ether oxygens (including phenoxy) is 1. The van der Waals surface area contributed by atoms with Gasteiger partial charge in [0.05, 0.1) is 6.61 Å². The van der Waals surface area contributed by atoms with Crippen LogP contribution in [0.3, 0.4) is 0 Å². The second-order valence-electron chi connectivity index (χ2n) is 5.76. The maximum Gasteiger partial charge on any atom is 0.255 e. The van der Waals surface area contributed by atoms with Crippen molar-refractivity contribution in [1.82, 2.24) is 0 Å². The van der Waals surface area contributed by atoms with Gasteiger partial charge in [-0.25, -0.2) is 0 Å². The molecule has 0 heterocycles. The summed E-state index contributed by atoms with van der Waals surface area (Å²) in [4.78, 5) is 12.3. The first-order valence-corrected chi connectivity index (χ1v) is 8.28. The minimum absolute atomic E-state index is 0.108. The van der Waals surface area contributed by atoms with E-state index in [1.54, 1.807) is 12.1 Å². The van der Waals surface area contributed by atoms with E-state index in [1.807, 2.05) is 24.3 Å². The molecule has 122 valence electrons. The molecule has 0 radical (unpaired) electrons. The maximum atomic E-state index is 12.3. The molecule has 23 heavy (non-hydrogen) atoms. The number of amides is 1. The van der Waals surface area contributed by atoms with Crippen LogP contribution >= 0.6 is 0 Å². The summed E-state index contributed by atoms with van der Waals surface area (Å²) in [6, 6.07) is 15.3. The minimum Gasteiger partial charge on any atom is -0.494 e. The summed E-state index contributed by atoms with van der Waals surface area (Å²) in [5, 5.41) is 2.93. The number of rotatable bonds is 7. The van der Waals surface area contributed by atoms with Gasteiger partial charge in [0.2, 0.25) is 0 Å². The van der Waals surface area contributed by atoms with Crippen LogP contribution in [-0.4, -0.2) is 12.5 Å². The van der Waals surface area contributed by atoms with E-state index in [-0.39, 0.29) is 5.91 Å². The number of hydrogen-bond donors (Lipinski definition) is 1. The van der Waals surface area contributed by atoms with Crippen molar-refractivity contribution in [3.8, 4) is 5.75 Å². The van der Waals surface area contributed by atoms with Crippen LogP contribution in [0.15, 0.2) is 48.5 Å². The third-order valence-corrected chi connectivity index (χ3v) is 3.94. The highest BCUT2D eigenvalue weighted by Gasteiger charge is 2.07. The average molecular weight is 311 g/mol. The van der Waals surface area contributed by atoms with Gasteiger partial charge in [0.25, 0.3) is 5.91 Å². The van der Waals surface area contributed by atoms with Crippen LogP contribution in [0.4, 0.5) is 5.69 Å². The van der Waals surface area contributed by atoms with Crippen molar-refractivity contribution in [2.45, 2.75) is 39.5 Å². The van der Waals surface area contributed by atoms with Gasteiger partial charge < -0.3 is 10.1 Å². The van der Waals surface area contributed by atoms with Crippen LogP contribution in [0.1, 0.15) is 55.5 Å². The summed E-state index contributed by atoms with van der Waals surface area (Å²) in [5.41, 5.74) is 2.73. The largest absolute Gasteiger partial charge is 0.494 e. The Morgan fingerprint density at radius 3 is 2.26 bits per heavy atom. The molecule has 2 aromatic carbocycles. The quantitative estimate of drug-likeness (QED) is 0.759. The molecule has 3 nitrogen and oxygen atoms in total. The van der Waals surface area contributed by atoms with Crippen molar-refractivity contribution in [3.05, 3.63) is 59.7 Å². The highest BCUT2D eigenvalue weighted by Crippen LogP contribution is 2.21. The molecule has 1 amide bonds. The van der Waals surface area contributed by atoms with Gasteiger partial charge in [-0.15, -0.1) is 0 Å². The third kappa shape index (κ3) is 4.85. The Balaban J connectivity index is 1.98. The number of anilines is 1. The Bertz CT molecular complexity index is 617. The van der Waals surface area contributed by atoms with E-state index in [9.17, 15) is 4.79 Å². The molecule has 2 aromatic rings. The Morgan fingerprint density at radius 1 is 1.04 bits per heavy atom. The second-order valence-corrected chi connectivity index (χ2v) is 5.76. The van der Waals surface area contributed by atoms with E-state index in [2.05, 4.69) is 38.2 Å². The van der Waals surface area contributed by atoms with Crippen molar-refractivity contribution in [1.29, 1.82) is 0 Å². The molecule has 0 saturated carbocycles. The van der Waals surface area contributed by atoms with Crippen molar-refractivity contribution < 1.29 is 9.53 Å². The van der Waals surface area contributed by atoms with Crippen molar-refractivity contribution in [2.24, 2.45) is 0 Å². The fraction of sp³-hybridized carbons (Fsp3) is 0.350. The standard InChI is InChI=1S/C20H25NO2/c1-4-14-23-19-12-8-17(9-13-19)20(22)21-18-10-6-16(7-11-18)15(3)5-2/h6-13,15H,4-5,14H2,1-3H3,(H,21,22). The number of nitrogens with one attached hydrogen (secondary N) is 1. The predicted molar refractivity (Wildman–Crippen MR) is 95.3 cm³/mol. The fourth-order valence-electron chi connectivity index (χ4n) is 2.26. The van der Waals surface area contributed by atoms with Crippen LogP contribution in [0.2, 0.25) is 0 Å². The van der Waals surface area contributed by atoms with E-state index in [0.717, 1.165) is 24.3 Å². The molecule has 1 N–H and O–H groups in total. The van der Waals surface area contributed by atoms with Gasteiger partial charge in [0.1, 0.15) is 5.75 Å². The molecule has 0 aromatic heterocycles. The molecule has 1 unspecified atom stereocenters. The molecule has 1 atom stereocenters. The Hall–Kier alpha value is -2.29. The predicted octanol–water partition coefficient (Wildman–Crippen LogP) is 5.24. The molecule has 0 spiro atoms. The Morgan fingerprint density at radius 2 is 1.70 bits per heavy atom. The van der Waals surface area contributed by atoms with E-state index in [4.69, 9.17) is 4.74 Å². The smallest absolute Gasteiger partial charge is 0.255 e. The van der Waals surface area contributed by atoms with Crippen molar-refractivity contribution >= 4 is 11.6 Å². The summed E-state index contributed by atoms with van der Waals surface area (Å²) in [7, 11) is 0. The molecule has 0 aliphatic carbocycles. The summed E-state index contributed by atoms with van der Waals surface area (Å²) in [6.07, 6.45) is 2.08. The normalized spacial score (nSPS) is 11.8. The summed E-state index contributed by atoms with van der Waals surface area (Å²) in [5.74, 6) is 1.22. The van der Waals surface area contributed by atoms with Crippen LogP contribution < -0.4 is 10.1 Å². The van der Waals surface area contributed by atoms with Crippen LogP contribution in [0.25, 0.3) is 0 Å². The van der Waals surface area contributed by atoms with E-state index in [0.29, 0.717) is 18.1 Å². The fourth-order valence-corrected chi connectivity index (χ4v) is 2.26. The Kier molecular flexibility index (Phi) is 6.21. The van der Waals surface area contributed by atoms with Gasteiger partial charge >= 0.3 is 0 Å². The van der Waals surface area contributed by atoms with E-state index >= 15 is 0 Å². The molecule has 0 bridgehead atoms. The first kappa shape index (κ1) is 17.1. The van der Waals surface area contributed by atoms with Gasteiger partial charge in [-0.3, -0.25) is 4.79 Å². The number of carbonyl (C=O) groups excluding carboxylic acids is 1. The van der Waals surface area contributed by atoms with Gasteiger partial charge in [-0.2, -0.15) is 0 Å². The summed E-state index contributed by atoms with van der Waals surface area (Å²) < 4.78 is 5.52. The highest BCUT2D eigenvalue weighted by atomic mass is 16.5. The van der Waals surface area contributed by atoms with Gasteiger partial charge in [-0.05, 0) is 60.7 Å². The van der Waals surface area contributed by atoms with Crippen LogP contribution in [0, 0.1) is 0 Å². The van der Waals surface area contributed by atoms with E-state index < -0.39 is 0 Å². The first-order chi connectivity index (χ1) is 11.1. The summed E-state index contributed by atoms with van der Waals surface area (Å²) in [6.45, 7) is 7.13. The number of hydrogen-bond acceptors (Lipinski definition) is 2. The zero-order chi connectivity index (χ0) is 16.7. The van der Waals surface area contributed by atoms with Crippen molar-refractivity contribution in [2.75, 3.05) is 11.9 Å². The molecule has 0 aliphatic rings. The molecular weight excluding hydrogens is 286 g/mol. The number of carbonyl (C=O) groups is 1. The average Bonchev–Trinajstić information content (AvgIpc) is 2.60. The summed E-state index contributed by atoms with van der Waals surface area (Å²) >= 11 is 0. The maximum absolute atomic E-state index is 12.3. The number of benzene rings is 2. The van der Waals surface area contributed by atoms with Crippen LogP contribution in [-0.2, 0) is 0 Å². The zero-order valence-corrected chi connectivity index (χ0v) is 14.1. The highest BCUT2D eigenvalue weighted by molar-refractivity contribution is 6.04. The lowest BCUT2D eigenvalue weighted by atomic mass is 9.98. The monoisotopic (exact) mass is 311 g/mol. The second kappa shape index (κ2) is 8.37. The van der Waals surface area contributed by atoms with Crippen LogP contribution in [0.5, 0.6) is 5.75 Å². The Labute approximate surface area is 138 Å². The lowest BCUT2D eigenvalue weighted by Crippen LogP contribution is -2.11. The minimum atomic E-state index is -0.108. The first-order valence-electron chi connectivity index (χ1n) is 8.28. The molecule has 0 fully saturated rings. The molecule has 0 saturated heterocycles. The van der Waals surface area contributed by atoms with Gasteiger partial charge in [0, 0.05) is 11.3 Å².